The zero-order chi connectivity index (χ0) is 29.6. The molecule has 0 atom stereocenters. The van der Waals surface area contributed by atoms with Crippen LogP contribution in [0.5, 0.6) is 0 Å². The Labute approximate surface area is 354 Å². The SMILES string of the molecule is C1CCOC1.Clc1nc(Cl)nc(Cl)n1.Clc1nc(Cl)nc(Nc2ccccc2)n1.Nc1ccccc1.O=CO[O-].[H-].[K+].[K+]. The second-order valence-corrected chi connectivity index (χ2v) is 8.44. The van der Waals surface area contributed by atoms with Gasteiger partial charge in [-0.15, -0.1) is 0 Å². The number of nitrogen functional groups attached to an aromatic ring is 1. The van der Waals surface area contributed by atoms with Gasteiger partial charge in [0.15, 0.2) is 0 Å². The molecule has 2 aromatic carbocycles. The van der Waals surface area contributed by atoms with E-state index in [-0.39, 0.29) is 137 Å². The maximum atomic E-state index is 8.64. The largest absolute Gasteiger partial charge is 1.00 e. The predicted octanol–water partition coefficient (Wildman–Crippen LogP) is -0.625. The molecular formula is C23H23Cl5K2N8O4. The summed E-state index contributed by atoms with van der Waals surface area (Å²) in [5.41, 5.74) is 7.04. The summed E-state index contributed by atoms with van der Waals surface area (Å²) < 4.78 is 4.94. The van der Waals surface area contributed by atoms with Crippen molar-refractivity contribution < 1.29 is 124 Å². The van der Waals surface area contributed by atoms with Crippen LogP contribution in [0.2, 0.25) is 26.4 Å². The van der Waals surface area contributed by atoms with Crippen molar-refractivity contribution in [1.29, 1.82) is 0 Å². The third-order valence-electron chi connectivity index (χ3n) is 3.83. The molecule has 0 amide bonds. The molecule has 42 heavy (non-hydrogen) atoms. The van der Waals surface area contributed by atoms with Gasteiger partial charge in [0.2, 0.25) is 32.4 Å². The number of anilines is 3. The van der Waals surface area contributed by atoms with Gasteiger partial charge in [0.25, 0.3) is 6.47 Å². The van der Waals surface area contributed by atoms with Crippen molar-refractivity contribution in [3.05, 3.63) is 87.1 Å². The normalized spacial score (nSPS) is 10.4. The molecule has 0 radical (unpaired) electrons. The molecule has 0 aliphatic carbocycles. The maximum Gasteiger partial charge on any atom is 1.00 e. The van der Waals surface area contributed by atoms with Crippen molar-refractivity contribution in [3.63, 3.8) is 0 Å². The number of nitrogens with one attached hydrogen (secondary N) is 1. The predicted molar refractivity (Wildman–Crippen MR) is 154 cm³/mol. The molecule has 1 aliphatic rings. The standard InChI is InChI=1S/C9H6Cl2N4.C6H7N.C4H8O.C3Cl3N3.CH2O3.2K.H/c10-7-13-8(11)15-9(14-7)12-6-4-2-1-3-5-6;7-6-4-2-1-3-5-6;1-2-4-5-3-1;4-1-7-2(5)9-3(6)8-1;2-1-4-3;;;/h1-5H,(H,12,13,14,15);1-5H,7H2;1-4H2;;1,3H;;;/q;;;;;2*+1;-1/p-1. The minimum absolute atomic E-state index is 0. The minimum Gasteiger partial charge on any atom is -1.00 e. The van der Waals surface area contributed by atoms with Crippen LogP contribution >= 0.6 is 58.0 Å². The zero-order valence-corrected chi connectivity index (χ0v) is 32.5. The molecule has 216 valence electrons. The number of carbonyl (C=O) groups is 1. The van der Waals surface area contributed by atoms with Gasteiger partial charge in [-0.25, -0.2) is 0 Å². The summed E-state index contributed by atoms with van der Waals surface area (Å²) in [5.74, 6) is 0.325. The topological polar surface area (TPSA) is 174 Å². The average molecular weight is 731 g/mol. The van der Waals surface area contributed by atoms with Gasteiger partial charge in [-0.3, -0.25) is 4.79 Å². The molecule has 19 heteroatoms. The number of rotatable bonds is 3. The van der Waals surface area contributed by atoms with Crippen LogP contribution in [0.1, 0.15) is 14.3 Å². The number of nitrogens with zero attached hydrogens (tertiary/aromatic N) is 6. The summed E-state index contributed by atoms with van der Waals surface area (Å²) in [6, 6.07) is 19.0. The van der Waals surface area contributed by atoms with Gasteiger partial charge in [-0.05, 0) is 95.1 Å². The van der Waals surface area contributed by atoms with Crippen LogP contribution in [-0.2, 0) is 14.4 Å². The van der Waals surface area contributed by atoms with Gasteiger partial charge in [0.1, 0.15) is 0 Å². The number of benzene rings is 2. The van der Waals surface area contributed by atoms with Gasteiger partial charge in [0.05, 0.1) is 0 Å². The molecule has 5 rings (SSSR count). The van der Waals surface area contributed by atoms with Crippen molar-refractivity contribution >= 4 is 81.8 Å². The summed E-state index contributed by atoms with van der Waals surface area (Å²) >= 11 is 27.2. The van der Waals surface area contributed by atoms with Crippen LogP contribution < -0.4 is 119 Å². The third-order valence-corrected chi connectivity index (χ3v) is 4.68. The summed E-state index contributed by atoms with van der Waals surface area (Å²) in [6.07, 6.45) is 2.56. The van der Waals surface area contributed by atoms with E-state index in [9.17, 15) is 0 Å². The van der Waals surface area contributed by atoms with Crippen LogP contribution in [0.3, 0.4) is 0 Å². The Bertz CT molecular complexity index is 1190. The Morgan fingerprint density at radius 1 is 0.738 bits per heavy atom. The zero-order valence-electron chi connectivity index (χ0n) is 23.5. The van der Waals surface area contributed by atoms with E-state index in [2.05, 4.69) is 40.1 Å². The first kappa shape index (κ1) is 44.3. The fourth-order valence-corrected chi connectivity index (χ4v) is 3.27. The monoisotopic (exact) mass is 728 g/mol. The smallest absolute Gasteiger partial charge is 1.00 e. The number of hydrogen-bond donors (Lipinski definition) is 2. The van der Waals surface area contributed by atoms with Crippen molar-refractivity contribution in [2.24, 2.45) is 0 Å². The molecule has 12 nitrogen and oxygen atoms in total. The van der Waals surface area contributed by atoms with E-state index in [0.29, 0.717) is 5.95 Å². The quantitative estimate of drug-likeness (QED) is 0.0901. The van der Waals surface area contributed by atoms with Crippen LogP contribution in [0.4, 0.5) is 17.3 Å². The average Bonchev–Trinajstić information content (AvgIpc) is 3.50. The van der Waals surface area contributed by atoms with Crippen molar-refractivity contribution in [3.8, 4) is 0 Å². The van der Waals surface area contributed by atoms with Crippen molar-refractivity contribution in [1.82, 2.24) is 29.9 Å². The molecule has 1 aliphatic heterocycles. The summed E-state index contributed by atoms with van der Waals surface area (Å²) in [4.78, 5) is 33.0. The van der Waals surface area contributed by atoms with Crippen LogP contribution in [0.25, 0.3) is 0 Å². The van der Waals surface area contributed by atoms with Crippen LogP contribution in [0, 0.1) is 0 Å². The summed E-state index contributed by atoms with van der Waals surface area (Å²) in [6.45, 7) is 1.82. The molecule has 1 saturated heterocycles. The number of halogens is 5. The van der Waals surface area contributed by atoms with Gasteiger partial charge in [-0.2, -0.15) is 29.9 Å². The van der Waals surface area contributed by atoms with Gasteiger partial charge < -0.3 is 27.4 Å². The van der Waals surface area contributed by atoms with Crippen LogP contribution in [-0.4, -0.2) is 49.6 Å². The molecule has 0 saturated carbocycles. The van der Waals surface area contributed by atoms with E-state index in [1.165, 1.54) is 12.8 Å². The third kappa shape index (κ3) is 24.5. The molecule has 3 N–H and O–H groups in total. The molecule has 1 fully saturated rings. The molecule has 2 aromatic heterocycles. The van der Waals surface area contributed by atoms with Gasteiger partial charge >= 0.3 is 103 Å². The number of carbonyl (C=O) groups excluding carboxylic acids is 1. The first-order valence-corrected chi connectivity index (χ1v) is 12.8. The molecular weight excluding hydrogens is 708 g/mol. The fourth-order valence-electron chi connectivity index (χ4n) is 2.30. The van der Waals surface area contributed by atoms with E-state index in [1.54, 1.807) is 0 Å². The second-order valence-electron chi connectivity index (χ2n) is 6.75. The number of hydrogen-bond acceptors (Lipinski definition) is 12. The fraction of sp³-hybridized carbons (Fsp3) is 0.174. The first-order chi connectivity index (χ1) is 19.2. The van der Waals surface area contributed by atoms with E-state index in [1.807, 2.05) is 60.7 Å². The molecule has 4 aromatic rings. The Balaban J connectivity index is -0.000000496. The number of para-hydroxylation sites is 2. The minimum atomic E-state index is -0.181. The van der Waals surface area contributed by atoms with Gasteiger partial charge in [0, 0.05) is 24.6 Å². The van der Waals surface area contributed by atoms with E-state index in [0.717, 1.165) is 24.6 Å². The maximum absolute atomic E-state index is 8.64. The number of nitrogens with two attached hydrogens (primary N) is 1. The van der Waals surface area contributed by atoms with E-state index < -0.39 is 0 Å². The van der Waals surface area contributed by atoms with E-state index >= 15 is 0 Å². The summed E-state index contributed by atoms with van der Waals surface area (Å²) in [7, 11) is 0. The summed E-state index contributed by atoms with van der Waals surface area (Å²) in [5, 5.41) is 11.5. The Kier molecular flexibility index (Phi) is 30.2. The molecule has 3 heterocycles. The number of ether oxygens (including phenoxy) is 1. The first-order valence-electron chi connectivity index (χ1n) is 11.0. The Hall–Kier alpha value is 0.173. The molecule has 0 unspecified atom stereocenters. The van der Waals surface area contributed by atoms with E-state index in [4.69, 9.17) is 78.5 Å². The van der Waals surface area contributed by atoms with Crippen molar-refractivity contribution in [2.75, 3.05) is 24.3 Å². The van der Waals surface area contributed by atoms with Crippen molar-refractivity contribution in [2.45, 2.75) is 12.8 Å². The molecule has 0 bridgehead atoms. The Morgan fingerprint density at radius 2 is 1.10 bits per heavy atom. The molecule has 0 spiro atoms. The number of aromatic nitrogens is 6. The second kappa shape index (κ2) is 28.6. The van der Waals surface area contributed by atoms with Gasteiger partial charge in [-0.1, -0.05) is 36.4 Å². The van der Waals surface area contributed by atoms with Crippen LogP contribution in [0.15, 0.2) is 60.7 Å². The Morgan fingerprint density at radius 3 is 1.38 bits per heavy atom.